The fourth-order valence-corrected chi connectivity index (χ4v) is 5.25. The van der Waals surface area contributed by atoms with E-state index in [1.54, 1.807) is 0 Å². The molecule has 0 aliphatic carbocycles. The third-order valence-corrected chi connectivity index (χ3v) is 6.18. The molecule has 24 heavy (non-hydrogen) atoms. The fraction of sp³-hybridized carbons (Fsp3) is 0.250. The van der Waals surface area contributed by atoms with Gasteiger partial charge in [0.15, 0.2) is 6.04 Å². The summed E-state index contributed by atoms with van der Waals surface area (Å²) in [7, 11) is 0. The molecule has 6 nitrogen and oxygen atoms in total. The van der Waals surface area contributed by atoms with Crippen LogP contribution in [0.25, 0.3) is 0 Å². The standard InChI is InChI=1S/C16H13IN2O4S/c17-12-6-10-11-7-18(13(15(20)21)14(10)24-12)16(22)19(11)23-8-9-4-2-1-3-5-9/h1-6,11,13H,7-8H2,(H,20,21). The number of halogens is 1. The summed E-state index contributed by atoms with van der Waals surface area (Å²) in [6, 6.07) is 9.96. The molecule has 1 saturated heterocycles. The zero-order valence-corrected chi connectivity index (χ0v) is 15.4. The molecular weight excluding hydrogens is 443 g/mol. The number of thiophene rings is 1. The van der Waals surface area contributed by atoms with E-state index in [1.165, 1.54) is 21.3 Å². The van der Waals surface area contributed by atoms with E-state index in [9.17, 15) is 14.7 Å². The number of carboxylic acid groups (broad SMARTS) is 1. The Morgan fingerprint density at radius 3 is 2.83 bits per heavy atom. The van der Waals surface area contributed by atoms with Gasteiger partial charge >= 0.3 is 12.0 Å². The van der Waals surface area contributed by atoms with E-state index >= 15 is 0 Å². The van der Waals surface area contributed by atoms with Crippen molar-refractivity contribution in [3.63, 3.8) is 0 Å². The second-order valence-electron chi connectivity index (χ2n) is 5.65. The molecule has 2 aromatic rings. The maximum Gasteiger partial charge on any atom is 0.345 e. The van der Waals surface area contributed by atoms with E-state index < -0.39 is 12.0 Å². The highest BCUT2D eigenvalue weighted by molar-refractivity contribution is 14.1. The maximum atomic E-state index is 12.6. The molecule has 1 fully saturated rings. The Morgan fingerprint density at radius 1 is 1.38 bits per heavy atom. The van der Waals surface area contributed by atoms with Crippen LogP contribution in [0.15, 0.2) is 36.4 Å². The minimum absolute atomic E-state index is 0.258. The molecule has 0 saturated carbocycles. The fourth-order valence-electron chi connectivity index (χ4n) is 3.15. The molecule has 2 bridgehead atoms. The van der Waals surface area contributed by atoms with Crippen LogP contribution in [0.4, 0.5) is 4.79 Å². The molecule has 2 aliphatic rings. The summed E-state index contributed by atoms with van der Waals surface area (Å²) in [6.45, 7) is 0.607. The summed E-state index contributed by atoms with van der Waals surface area (Å²) < 4.78 is 1.01. The van der Waals surface area contributed by atoms with Crippen LogP contribution in [0.1, 0.15) is 28.1 Å². The third-order valence-electron chi connectivity index (χ3n) is 4.21. The van der Waals surface area contributed by atoms with E-state index in [0.717, 1.165) is 18.9 Å². The molecule has 2 unspecified atom stereocenters. The minimum Gasteiger partial charge on any atom is -0.479 e. The highest BCUT2D eigenvalue weighted by Crippen LogP contribution is 2.47. The number of fused-ring (bicyclic) bond motifs is 4. The molecular formula is C16H13IN2O4S. The number of hydroxylamine groups is 2. The summed E-state index contributed by atoms with van der Waals surface area (Å²) >= 11 is 3.60. The van der Waals surface area contributed by atoms with Crippen LogP contribution in [0, 0.1) is 2.88 Å². The summed E-state index contributed by atoms with van der Waals surface area (Å²) in [4.78, 5) is 32.2. The second-order valence-corrected chi connectivity index (χ2v) is 8.62. The van der Waals surface area contributed by atoms with Crippen molar-refractivity contribution in [3.05, 3.63) is 55.3 Å². The van der Waals surface area contributed by atoms with Gasteiger partial charge in [0, 0.05) is 4.88 Å². The molecule has 2 aliphatic heterocycles. The molecule has 0 radical (unpaired) electrons. The second kappa shape index (κ2) is 6.01. The van der Waals surface area contributed by atoms with Gasteiger partial charge in [0.05, 0.1) is 9.43 Å². The number of hydrogen-bond acceptors (Lipinski definition) is 4. The number of carbonyl (C=O) groups is 2. The number of amides is 2. The van der Waals surface area contributed by atoms with Gasteiger partial charge in [-0.25, -0.2) is 9.59 Å². The average Bonchev–Trinajstić information content (AvgIpc) is 3.07. The average molecular weight is 456 g/mol. The molecule has 4 rings (SSSR count). The van der Waals surface area contributed by atoms with E-state index in [4.69, 9.17) is 4.84 Å². The summed E-state index contributed by atoms with van der Waals surface area (Å²) in [5.41, 5.74) is 1.84. The minimum atomic E-state index is -1.01. The number of carboxylic acids is 1. The monoisotopic (exact) mass is 456 g/mol. The number of urea groups is 1. The lowest BCUT2D eigenvalue weighted by molar-refractivity contribution is -0.143. The SMILES string of the molecule is O=C(O)C1c2sc(I)cc2C2CN1C(=O)N2OCc1ccccc1. The predicted molar refractivity (Wildman–Crippen MR) is 95.3 cm³/mol. The van der Waals surface area contributed by atoms with Crippen molar-refractivity contribution in [2.45, 2.75) is 18.7 Å². The predicted octanol–water partition coefficient (Wildman–Crippen LogP) is 3.40. The Balaban J connectivity index is 1.64. The van der Waals surface area contributed by atoms with Gasteiger partial charge in [-0.05, 0) is 39.8 Å². The number of nitrogens with zero attached hydrogens (tertiary/aromatic N) is 2. The van der Waals surface area contributed by atoms with Crippen molar-refractivity contribution in [1.29, 1.82) is 0 Å². The number of benzene rings is 1. The number of carbonyl (C=O) groups excluding carboxylic acids is 1. The number of aliphatic carboxylic acids is 1. The van der Waals surface area contributed by atoms with Crippen molar-refractivity contribution in [2.24, 2.45) is 0 Å². The van der Waals surface area contributed by atoms with Crippen LogP contribution in [-0.2, 0) is 16.2 Å². The molecule has 1 aromatic heterocycles. The van der Waals surface area contributed by atoms with Crippen molar-refractivity contribution in [3.8, 4) is 0 Å². The molecule has 8 heteroatoms. The van der Waals surface area contributed by atoms with Crippen LogP contribution in [0.5, 0.6) is 0 Å². The van der Waals surface area contributed by atoms with Gasteiger partial charge in [-0.3, -0.25) is 4.84 Å². The van der Waals surface area contributed by atoms with Gasteiger partial charge in [-0.2, -0.15) is 5.06 Å². The van der Waals surface area contributed by atoms with E-state index in [1.807, 2.05) is 36.4 Å². The van der Waals surface area contributed by atoms with E-state index in [0.29, 0.717) is 6.54 Å². The summed E-state index contributed by atoms with van der Waals surface area (Å²) in [5, 5.41) is 10.9. The maximum absolute atomic E-state index is 12.6. The van der Waals surface area contributed by atoms with Gasteiger partial charge in [-0.15, -0.1) is 11.3 Å². The zero-order chi connectivity index (χ0) is 16.8. The Morgan fingerprint density at radius 2 is 2.12 bits per heavy atom. The largest absolute Gasteiger partial charge is 0.479 e. The van der Waals surface area contributed by atoms with Crippen LogP contribution in [0.3, 0.4) is 0 Å². The Kier molecular flexibility index (Phi) is 3.97. The normalized spacial score (nSPS) is 22.0. The first-order valence-electron chi connectivity index (χ1n) is 7.35. The first-order valence-corrected chi connectivity index (χ1v) is 9.24. The van der Waals surface area contributed by atoms with E-state index in [-0.39, 0.29) is 18.7 Å². The van der Waals surface area contributed by atoms with Crippen LogP contribution in [0.2, 0.25) is 0 Å². The molecule has 2 amide bonds. The Bertz CT molecular complexity index is 810. The Hall–Kier alpha value is -1.65. The Labute approximate surface area is 155 Å². The van der Waals surface area contributed by atoms with Crippen molar-refractivity contribution >= 4 is 45.9 Å². The van der Waals surface area contributed by atoms with Crippen LogP contribution >= 0.6 is 33.9 Å². The highest BCUT2D eigenvalue weighted by Gasteiger charge is 2.52. The van der Waals surface area contributed by atoms with Gasteiger partial charge in [0.25, 0.3) is 0 Å². The molecule has 1 aromatic carbocycles. The lowest BCUT2D eigenvalue weighted by Gasteiger charge is -2.27. The van der Waals surface area contributed by atoms with Crippen molar-refractivity contribution in [2.75, 3.05) is 6.54 Å². The lowest BCUT2D eigenvalue weighted by Crippen LogP contribution is -2.37. The van der Waals surface area contributed by atoms with Gasteiger partial charge in [-0.1, -0.05) is 30.3 Å². The number of hydrogen-bond donors (Lipinski definition) is 1. The number of rotatable bonds is 4. The quantitative estimate of drug-likeness (QED) is 0.717. The highest BCUT2D eigenvalue weighted by atomic mass is 127. The van der Waals surface area contributed by atoms with Crippen LogP contribution in [-0.4, -0.2) is 33.6 Å². The zero-order valence-electron chi connectivity index (χ0n) is 12.4. The topological polar surface area (TPSA) is 70.1 Å². The van der Waals surface area contributed by atoms with Crippen molar-refractivity contribution in [1.82, 2.24) is 9.96 Å². The van der Waals surface area contributed by atoms with Gasteiger partial charge in [0.1, 0.15) is 12.6 Å². The molecule has 124 valence electrons. The van der Waals surface area contributed by atoms with E-state index in [2.05, 4.69) is 22.6 Å². The first-order chi connectivity index (χ1) is 11.6. The summed E-state index contributed by atoms with van der Waals surface area (Å²) in [6.07, 6.45) is 0. The smallest absolute Gasteiger partial charge is 0.345 e. The molecule has 1 N–H and O–H groups in total. The third kappa shape index (κ3) is 2.49. The molecule has 0 spiro atoms. The van der Waals surface area contributed by atoms with Crippen LogP contribution < -0.4 is 0 Å². The van der Waals surface area contributed by atoms with Crippen molar-refractivity contribution < 1.29 is 19.5 Å². The molecule has 2 atom stereocenters. The van der Waals surface area contributed by atoms with Gasteiger partial charge in [0.2, 0.25) is 0 Å². The first kappa shape index (κ1) is 15.9. The summed E-state index contributed by atoms with van der Waals surface area (Å²) in [5.74, 6) is -1.01. The molecule has 3 heterocycles. The lowest BCUT2D eigenvalue weighted by atomic mass is 10.00. The van der Waals surface area contributed by atoms with Gasteiger partial charge < -0.3 is 10.0 Å².